The number of carbonyl (C=O) groups is 1. The Bertz CT molecular complexity index is 726. The molecule has 2 rings (SSSR count). The van der Waals surface area contributed by atoms with Crippen molar-refractivity contribution in [2.24, 2.45) is 0 Å². The molecule has 0 atom stereocenters. The zero-order valence-electron chi connectivity index (χ0n) is 9.95. The number of nitriles is 1. The van der Waals surface area contributed by atoms with E-state index in [1.165, 1.54) is 30.3 Å². The molecule has 6 heteroatoms. The third kappa shape index (κ3) is 3.08. The number of carbonyl (C=O) groups excluding carboxylic acids is 1. The lowest BCUT2D eigenvalue weighted by molar-refractivity contribution is 0.102. The highest BCUT2D eigenvalue weighted by atomic mass is 35.5. The summed E-state index contributed by atoms with van der Waals surface area (Å²) >= 11 is 11.6. The first-order valence-electron chi connectivity index (χ1n) is 5.47. The SMILES string of the molecule is N#Cc1ccc(NC(=O)c2ccc(Cl)cc2Cl)c(F)c1. The number of benzene rings is 2. The highest BCUT2D eigenvalue weighted by Crippen LogP contribution is 2.23. The second kappa shape index (κ2) is 5.91. The predicted octanol–water partition coefficient (Wildman–Crippen LogP) is 4.26. The summed E-state index contributed by atoms with van der Waals surface area (Å²) in [5, 5.41) is 11.6. The van der Waals surface area contributed by atoms with Crippen LogP contribution in [-0.4, -0.2) is 5.91 Å². The maximum absolute atomic E-state index is 13.7. The number of hydrogen-bond donors (Lipinski definition) is 1. The first-order valence-corrected chi connectivity index (χ1v) is 6.23. The fourth-order valence-electron chi connectivity index (χ4n) is 1.55. The molecule has 0 aliphatic carbocycles. The number of halogens is 3. The van der Waals surface area contributed by atoms with Gasteiger partial charge in [-0.2, -0.15) is 5.26 Å². The Hall–Kier alpha value is -2.09. The lowest BCUT2D eigenvalue weighted by Gasteiger charge is -2.08. The summed E-state index contributed by atoms with van der Waals surface area (Å²) < 4.78 is 13.7. The molecule has 0 aliphatic rings. The molecule has 2 aromatic carbocycles. The predicted molar refractivity (Wildman–Crippen MR) is 75.5 cm³/mol. The normalized spacial score (nSPS) is 9.90. The molecule has 0 heterocycles. The van der Waals surface area contributed by atoms with Gasteiger partial charge in [0.25, 0.3) is 5.91 Å². The van der Waals surface area contributed by atoms with Gasteiger partial charge in [-0.05, 0) is 36.4 Å². The van der Waals surface area contributed by atoms with Gasteiger partial charge in [-0.15, -0.1) is 0 Å². The van der Waals surface area contributed by atoms with E-state index in [1.54, 1.807) is 6.07 Å². The highest BCUT2D eigenvalue weighted by Gasteiger charge is 2.13. The highest BCUT2D eigenvalue weighted by molar-refractivity contribution is 6.37. The van der Waals surface area contributed by atoms with Gasteiger partial charge in [0.05, 0.1) is 27.9 Å². The minimum absolute atomic E-state index is 0.0278. The van der Waals surface area contributed by atoms with E-state index >= 15 is 0 Å². The van der Waals surface area contributed by atoms with Crippen molar-refractivity contribution in [3.05, 3.63) is 63.4 Å². The smallest absolute Gasteiger partial charge is 0.257 e. The molecule has 0 saturated carbocycles. The summed E-state index contributed by atoms with van der Waals surface area (Å²) in [6.45, 7) is 0. The second-order valence-electron chi connectivity index (χ2n) is 3.88. The fraction of sp³-hybridized carbons (Fsp3) is 0. The van der Waals surface area contributed by atoms with Crippen molar-refractivity contribution in [1.29, 1.82) is 5.26 Å². The van der Waals surface area contributed by atoms with Crippen LogP contribution in [0.15, 0.2) is 36.4 Å². The van der Waals surface area contributed by atoms with Crippen LogP contribution in [0.1, 0.15) is 15.9 Å². The molecular weight excluding hydrogens is 302 g/mol. The van der Waals surface area contributed by atoms with Crippen molar-refractivity contribution in [2.75, 3.05) is 5.32 Å². The number of rotatable bonds is 2. The Morgan fingerprint density at radius 1 is 1.20 bits per heavy atom. The Labute approximate surface area is 124 Å². The molecular formula is C14H7Cl2FN2O. The first-order chi connectivity index (χ1) is 9.51. The van der Waals surface area contributed by atoms with Crippen LogP contribution in [0.2, 0.25) is 10.0 Å². The fourth-order valence-corrected chi connectivity index (χ4v) is 2.04. The van der Waals surface area contributed by atoms with Gasteiger partial charge >= 0.3 is 0 Å². The first kappa shape index (κ1) is 14.3. The summed E-state index contributed by atoms with van der Waals surface area (Å²) in [4.78, 5) is 12.0. The molecule has 20 heavy (non-hydrogen) atoms. The van der Waals surface area contributed by atoms with Gasteiger partial charge in [0.1, 0.15) is 5.82 Å². The standard InChI is InChI=1S/C14H7Cl2FN2O/c15-9-2-3-10(11(16)6-9)14(20)19-13-4-1-8(7-18)5-12(13)17/h1-6H,(H,19,20). The zero-order chi connectivity index (χ0) is 14.7. The van der Waals surface area contributed by atoms with Gasteiger partial charge in [-0.1, -0.05) is 23.2 Å². The van der Waals surface area contributed by atoms with Crippen LogP contribution in [0.3, 0.4) is 0 Å². The van der Waals surface area contributed by atoms with E-state index in [0.717, 1.165) is 6.07 Å². The van der Waals surface area contributed by atoms with Crippen LogP contribution in [0.25, 0.3) is 0 Å². The van der Waals surface area contributed by atoms with Gasteiger partial charge < -0.3 is 5.32 Å². The quantitative estimate of drug-likeness (QED) is 0.901. The lowest BCUT2D eigenvalue weighted by atomic mass is 10.2. The van der Waals surface area contributed by atoms with Crippen molar-refractivity contribution in [3.63, 3.8) is 0 Å². The zero-order valence-corrected chi connectivity index (χ0v) is 11.5. The van der Waals surface area contributed by atoms with E-state index in [1.807, 2.05) is 0 Å². The van der Waals surface area contributed by atoms with Crippen LogP contribution in [0.4, 0.5) is 10.1 Å². The van der Waals surface area contributed by atoms with Crippen LogP contribution in [-0.2, 0) is 0 Å². The van der Waals surface area contributed by atoms with E-state index in [2.05, 4.69) is 5.32 Å². The number of nitrogens with zero attached hydrogens (tertiary/aromatic N) is 1. The van der Waals surface area contributed by atoms with E-state index < -0.39 is 11.7 Å². The van der Waals surface area contributed by atoms with Gasteiger partial charge in [-0.3, -0.25) is 4.79 Å². The molecule has 2 aromatic rings. The minimum atomic E-state index is -0.692. The van der Waals surface area contributed by atoms with E-state index in [4.69, 9.17) is 28.5 Å². The van der Waals surface area contributed by atoms with Crippen LogP contribution < -0.4 is 5.32 Å². The molecule has 0 radical (unpaired) electrons. The van der Waals surface area contributed by atoms with E-state index in [0.29, 0.717) is 5.02 Å². The summed E-state index contributed by atoms with van der Waals surface area (Å²) in [6.07, 6.45) is 0. The maximum Gasteiger partial charge on any atom is 0.257 e. The number of anilines is 1. The van der Waals surface area contributed by atoms with Gasteiger partial charge in [0.15, 0.2) is 0 Å². The Morgan fingerprint density at radius 3 is 2.55 bits per heavy atom. The van der Waals surface area contributed by atoms with Crippen molar-refractivity contribution in [2.45, 2.75) is 0 Å². The maximum atomic E-state index is 13.7. The van der Waals surface area contributed by atoms with Gasteiger partial charge in [-0.25, -0.2) is 4.39 Å². The molecule has 0 spiro atoms. The molecule has 0 fully saturated rings. The Morgan fingerprint density at radius 2 is 1.95 bits per heavy atom. The van der Waals surface area contributed by atoms with Gasteiger partial charge in [0, 0.05) is 5.02 Å². The molecule has 0 aromatic heterocycles. The Kier molecular flexibility index (Phi) is 4.23. The average molecular weight is 309 g/mol. The molecule has 0 saturated heterocycles. The molecule has 1 amide bonds. The molecule has 100 valence electrons. The van der Waals surface area contributed by atoms with Crippen molar-refractivity contribution in [1.82, 2.24) is 0 Å². The molecule has 0 aliphatic heterocycles. The van der Waals surface area contributed by atoms with Crippen molar-refractivity contribution in [3.8, 4) is 6.07 Å². The van der Waals surface area contributed by atoms with Crippen molar-refractivity contribution >= 4 is 34.8 Å². The summed E-state index contributed by atoms with van der Waals surface area (Å²) in [5.41, 5.74) is 0.324. The van der Waals surface area contributed by atoms with E-state index in [-0.39, 0.29) is 21.8 Å². The lowest BCUT2D eigenvalue weighted by Crippen LogP contribution is -2.13. The number of hydrogen-bond acceptors (Lipinski definition) is 2. The molecule has 0 unspecified atom stereocenters. The summed E-state index contributed by atoms with van der Waals surface area (Å²) in [7, 11) is 0. The summed E-state index contributed by atoms with van der Waals surface area (Å²) in [5.74, 6) is -1.25. The average Bonchev–Trinajstić information content (AvgIpc) is 2.40. The third-order valence-corrected chi connectivity index (χ3v) is 3.07. The van der Waals surface area contributed by atoms with Gasteiger partial charge in [0.2, 0.25) is 0 Å². The third-order valence-electron chi connectivity index (χ3n) is 2.52. The minimum Gasteiger partial charge on any atom is -0.319 e. The second-order valence-corrected chi connectivity index (χ2v) is 4.73. The summed E-state index contributed by atoms with van der Waals surface area (Å²) in [6, 6.07) is 9.95. The van der Waals surface area contributed by atoms with Crippen LogP contribution in [0, 0.1) is 17.1 Å². The topological polar surface area (TPSA) is 52.9 Å². The largest absolute Gasteiger partial charge is 0.319 e. The van der Waals surface area contributed by atoms with Crippen molar-refractivity contribution < 1.29 is 9.18 Å². The van der Waals surface area contributed by atoms with Crippen LogP contribution in [0.5, 0.6) is 0 Å². The van der Waals surface area contributed by atoms with Crippen LogP contribution >= 0.6 is 23.2 Å². The van der Waals surface area contributed by atoms with E-state index in [9.17, 15) is 9.18 Å². The molecule has 1 N–H and O–H groups in total. The Balaban J connectivity index is 2.26. The number of nitrogens with one attached hydrogen (secondary N) is 1. The molecule has 0 bridgehead atoms. The monoisotopic (exact) mass is 308 g/mol. The number of amides is 1. The molecule has 3 nitrogen and oxygen atoms in total.